The second-order valence-corrected chi connectivity index (χ2v) is 3.65. The SMILES string of the molecule is CCn1ncnc1CNCC(C)Cl. The third-order valence-electron chi connectivity index (χ3n) is 1.70. The summed E-state index contributed by atoms with van der Waals surface area (Å²) in [6.07, 6.45) is 1.57. The quantitative estimate of drug-likeness (QED) is 0.725. The molecule has 1 aromatic heterocycles. The molecule has 0 saturated carbocycles. The Hall–Kier alpha value is -0.610. The van der Waals surface area contributed by atoms with E-state index < -0.39 is 0 Å². The van der Waals surface area contributed by atoms with Gasteiger partial charge in [0, 0.05) is 18.5 Å². The molecule has 1 atom stereocenters. The van der Waals surface area contributed by atoms with Crippen LogP contribution in [0.25, 0.3) is 0 Å². The van der Waals surface area contributed by atoms with E-state index in [1.165, 1.54) is 0 Å². The van der Waals surface area contributed by atoms with E-state index in [0.717, 1.165) is 25.5 Å². The Morgan fingerprint density at radius 3 is 3.08 bits per heavy atom. The van der Waals surface area contributed by atoms with E-state index in [4.69, 9.17) is 11.6 Å². The second-order valence-electron chi connectivity index (χ2n) is 2.90. The maximum Gasteiger partial charge on any atom is 0.140 e. The summed E-state index contributed by atoms with van der Waals surface area (Å²) in [6.45, 7) is 6.37. The van der Waals surface area contributed by atoms with Crippen LogP contribution in [-0.2, 0) is 13.1 Å². The molecule has 0 aliphatic carbocycles. The Bertz CT molecular complexity index is 246. The van der Waals surface area contributed by atoms with Gasteiger partial charge in [-0.15, -0.1) is 11.6 Å². The van der Waals surface area contributed by atoms with Crippen LogP contribution in [0.1, 0.15) is 19.7 Å². The topological polar surface area (TPSA) is 42.7 Å². The normalized spacial score (nSPS) is 13.2. The highest BCUT2D eigenvalue weighted by atomic mass is 35.5. The molecule has 1 N–H and O–H groups in total. The minimum atomic E-state index is 0.151. The van der Waals surface area contributed by atoms with Gasteiger partial charge in [0.2, 0.25) is 0 Å². The van der Waals surface area contributed by atoms with Gasteiger partial charge >= 0.3 is 0 Å². The lowest BCUT2D eigenvalue weighted by Crippen LogP contribution is -2.23. The van der Waals surface area contributed by atoms with Crippen molar-refractivity contribution in [1.29, 1.82) is 0 Å². The van der Waals surface area contributed by atoms with Crippen molar-refractivity contribution in [3.63, 3.8) is 0 Å². The molecule has 1 aromatic rings. The van der Waals surface area contributed by atoms with Crippen molar-refractivity contribution in [2.24, 2.45) is 0 Å². The number of rotatable bonds is 5. The van der Waals surface area contributed by atoms with Crippen molar-refractivity contribution >= 4 is 11.6 Å². The number of alkyl halides is 1. The summed E-state index contributed by atoms with van der Waals surface area (Å²) in [4.78, 5) is 4.13. The number of aryl methyl sites for hydroxylation is 1. The summed E-state index contributed by atoms with van der Waals surface area (Å²) in [5, 5.41) is 7.42. The van der Waals surface area contributed by atoms with Gasteiger partial charge in [0.15, 0.2) is 0 Å². The predicted molar refractivity (Wildman–Crippen MR) is 52.7 cm³/mol. The van der Waals surface area contributed by atoms with Gasteiger partial charge in [-0.05, 0) is 13.8 Å². The smallest absolute Gasteiger partial charge is 0.140 e. The highest BCUT2D eigenvalue weighted by Crippen LogP contribution is 1.94. The van der Waals surface area contributed by atoms with Gasteiger partial charge in [0.25, 0.3) is 0 Å². The number of aromatic nitrogens is 3. The fourth-order valence-electron chi connectivity index (χ4n) is 1.07. The first-order chi connectivity index (χ1) is 6.24. The summed E-state index contributed by atoms with van der Waals surface area (Å²) < 4.78 is 1.87. The summed E-state index contributed by atoms with van der Waals surface area (Å²) in [5.74, 6) is 0.958. The first kappa shape index (κ1) is 10.5. The molecule has 1 unspecified atom stereocenters. The van der Waals surface area contributed by atoms with Gasteiger partial charge < -0.3 is 5.32 Å². The van der Waals surface area contributed by atoms with Gasteiger partial charge in [-0.1, -0.05) is 0 Å². The molecule has 1 rings (SSSR count). The van der Waals surface area contributed by atoms with Gasteiger partial charge in [-0.3, -0.25) is 0 Å². The zero-order valence-electron chi connectivity index (χ0n) is 8.00. The lowest BCUT2D eigenvalue weighted by atomic mass is 10.4. The zero-order chi connectivity index (χ0) is 9.68. The average molecular weight is 203 g/mol. The third-order valence-corrected chi connectivity index (χ3v) is 1.86. The minimum absolute atomic E-state index is 0.151. The van der Waals surface area contributed by atoms with Crippen LogP contribution in [-0.4, -0.2) is 26.7 Å². The van der Waals surface area contributed by atoms with Crippen LogP contribution >= 0.6 is 11.6 Å². The highest BCUT2D eigenvalue weighted by molar-refractivity contribution is 6.20. The molecular formula is C8H15ClN4. The number of hydrogen-bond acceptors (Lipinski definition) is 3. The van der Waals surface area contributed by atoms with E-state index in [1.807, 2.05) is 18.5 Å². The lowest BCUT2D eigenvalue weighted by Gasteiger charge is -2.06. The van der Waals surface area contributed by atoms with Crippen molar-refractivity contribution in [3.8, 4) is 0 Å². The number of nitrogens with zero attached hydrogens (tertiary/aromatic N) is 3. The monoisotopic (exact) mass is 202 g/mol. The molecule has 0 saturated heterocycles. The standard InChI is InChI=1S/C8H15ClN4/c1-3-13-8(11-6-12-13)5-10-4-7(2)9/h6-7,10H,3-5H2,1-2H3. The van der Waals surface area contributed by atoms with Crippen molar-refractivity contribution in [3.05, 3.63) is 12.2 Å². The van der Waals surface area contributed by atoms with Crippen LogP contribution in [0.3, 0.4) is 0 Å². The van der Waals surface area contributed by atoms with Crippen LogP contribution in [0, 0.1) is 0 Å². The van der Waals surface area contributed by atoms with Crippen LogP contribution in [0.2, 0.25) is 0 Å². The predicted octanol–water partition coefficient (Wildman–Crippen LogP) is 1.01. The fraction of sp³-hybridized carbons (Fsp3) is 0.750. The molecule has 0 aromatic carbocycles. The Kier molecular flexibility index (Phi) is 4.18. The summed E-state index contributed by atoms with van der Waals surface area (Å²) in [7, 11) is 0. The summed E-state index contributed by atoms with van der Waals surface area (Å²) in [5.41, 5.74) is 0. The summed E-state index contributed by atoms with van der Waals surface area (Å²) in [6, 6.07) is 0. The van der Waals surface area contributed by atoms with Crippen molar-refractivity contribution in [2.45, 2.75) is 32.3 Å². The van der Waals surface area contributed by atoms with Gasteiger partial charge in [-0.2, -0.15) is 5.10 Å². The number of nitrogens with one attached hydrogen (secondary N) is 1. The van der Waals surface area contributed by atoms with Crippen molar-refractivity contribution < 1.29 is 0 Å². The Labute approximate surface area is 83.3 Å². The molecule has 0 spiro atoms. The largest absolute Gasteiger partial charge is 0.308 e. The van der Waals surface area contributed by atoms with Crippen LogP contribution in [0.15, 0.2) is 6.33 Å². The van der Waals surface area contributed by atoms with E-state index in [0.29, 0.717) is 0 Å². The molecule has 4 nitrogen and oxygen atoms in total. The van der Waals surface area contributed by atoms with Crippen LogP contribution < -0.4 is 5.32 Å². The second kappa shape index (κ2) is 5.19. The Morgan fingerprint density at radius 2 is 2.46 bits per heavy atom. The fourth-order valence-corrected chi connectivity index (χ4v) is 1.18. The molecule has 0 fully saturated rings. The molecule has 74 valence electrons. The molecule has 0 bridgehead atoms. The van der Waals surface area contributed by atoms with Crippen LogP contribution in [0.5, 0.6) is 0 Å². The first-order valence-corrected chi connectivity index (χ1v) is 4.89. The minimum Gasteiger partial charge on any atom is -0.308 e. The molecule has 0 amide bonds. The van der Waals surface area contributed by atoms with Gasteiger partial charge in [0.05, 0.1) is 6.54 Å². The van der Waals surface area contributed by atoms with E-state index in [-0.39, 0.29) is 5.38 Å². The van der Waals surface area contributed by atoms with Crippen molar-refractivity contribution in [2.75, 3.05) is 6.54 Å². The lowest BCUT2D eigenvalue weighted by molar-refractivity contribution is 0.572. The molecule has 1 heterocycles. The average Bonchev–Trinajstić information content (AvgIpc) is 2.51. The van der Waals surface area contributed by atoms with Gasteiger partial charge in [0.1, 0.15) is 12.2 Å². The van der Waals surface area contributed by atoms with Gasteiger partial charge in [-0.25, -0.2) is 9.67 Å². The van der Waals surface area contributed by atoms with E-state index >= 15 is 0 Å². The molecular weight excluding hydrogens is 188 g/mol. The maximum absolute atomic E-state index is 5.79. The Balaban J connectivity index is 2.36. The molecule has 0 radical (unpaired) electrons. The Morgan fingerprint density at radius 1 is 1.69 bits per heavy atom. The molecule has 5 heteroatoms. The first-order valence-electron chi connectivity index (χ1n) is 4.45. The molecule has 0 aliphatic heterocycles. The molecule has 13 heavy (non-hydrogen) atoms. The third kappa shape index (κ3) is 3.32. The number of halogens is 1. The summed E-state index contributed by atoms with van der Waals surface area (Å²) >= 11 is 5.79. The molecule has 0 aliphatic rings. The zero-order valence-corrected chi connectivity index (χ0v) is 8.75. The van der Waals surface area contributed by atoms with E-state index in [9.17, 15) is 0 Å². The highest BCUT2D eigenvalue weighted by Gasteiger charge is 2.02. The van der Waals surface area contributed by atoms with E-state index in [1.54, 1.807) is 6.33 Å². The van der Waals surface area contributed by atoms with E-state index in [2.05, 4.69) is 15.4 Å². The number of hydrogen-bond donors (Lipinski definition) is 1. The van der Waals surface area contributed by atoms with Crippen LogP contribution in [0.4, 0.5) is 0 Å². The van der Waals surface area contributed by atoms with Crippen molar-refractivity contribution in [1.82, 2.24) is 20.1 Å². The maximum atomic E-state index is 5.79.